The van der Waals surface area contributed by atoms with E-state index in [-0.39, 0.29) is 23.5 Å². The van der Waals surface area contributed by atoms with Gasteiger partial charge in [-0.2, -0.15) is 0 Å². The van der Waals surface area contributed by atoms with Crippen LogP contribution in [0.4, 0.5) is 4.39 Å². The van der Waals surface area contributed by atoms with Crippen LogP contribution in [0.15, 0.2) is 18.2 Å². The van der Waals surface area contributed by atoms with E-state index < -0.39 is 0 Å². The molecule has 0 bridgehead atoms. The third-order valence-corrected chi connectivity index (χ3v) is 3.39. The zero-order valence-electron chi connectivity index (χ0n) is 10.5. The second-order valence-corrected chi connectivity index (χ2v) is 5.02. The summed E-state index contributed by atoms with van der Waals surface area (Å²) in [5, 5.41) is 9.07. The van der Waals surface area contributed by atoms with Crippen LogP contribution >= 0.6 is 12.2 Å². The summed E-state index contributed by atoms with van der Waals surface area (Å²) >= 11 is 4.81. The Hall–Kier alpha value is -1.08. The Morgan fingerprint density at radius 1 is 1.58 bits per heavy atom. The molecule has 2 rings (SSSR count). The van der Waals surface area contributed by atoms with Crippen LogP contribution < -0.4 is 5.73 Å². The van der Waals surface area contributed by atoms with Gasteiger partial charge in [0.2, 0.25) is 0 Å². The molecule has 0 spiro atoms. The first-order valence-corrected chi connectivity index (χ1v) is 6.54. The van der Waals surface area contributed by atoms with Gasteiger partial charge in [-0.25, -0.2) is 4.39 Å². The van der Waals surface area contributed by atoms with Gasteiger partial charge in [0.1, 0.15) is 10.8 Å². The number of thiocarbonyl (C=S) groups is 1. The number of aliphatic hydroxyl groups is 1. The van der Waals surface area contributed by atoms with Crippen LogP contribution in [-0.4, -0.2) is 47.4 Å². The maximum Gasteiger partial charge on any atom is 0.128 e. The quantitative estimate of drug-likeness (QED) is 0.795. The fourth-order valence-electron chi connectivity index (χ4n) is 2.10. The van der Waals surface area contributed by atoms with Crippen LogP contribution in [0.25, 0.3) is 0 Å². The molecule has 104 valence electrons. The lowest BCUT2D eigenvalue weighted by Gasteiger charge is -2.32. The summed E-state index contributed by atoms with van der Waals surface area (Å²) in [5.74, 6) is -0.308. The van der Waals surface area contributed by atoms with Gasteiger partial charge in [-0.3, -0.25) is 4.90 Å². The van der Waals surface area contributed by atoms with Crippen LogP contribution in [0.3, 0.4) is 0 Å². The van der Waals surface area contributed by atoms with Crippen molar-refractivity contribution >= 4 is 17.2 Å². The molecule has 4 nitrogen and oxygen atoms in total. The summed E-state index contributed by atoms with van der Waals surface area (Å²) in [6.45, 7) is 2.36. The van der Waals surface area contributed by atoms with Gasteiger partial charge < -0.3 is 15.6 Å². The summed E-state index contributed by atoms with van der Waals surface area (Å²) in [7, 11) is 0. The van der Waals surface area contributed by atoms with Crippen LogP contribution in [-0.2, 0) is 11.3 Å². The number of aliphatic hydroxyl groups excluding tert-OH is 1. The van der Waals surface area contributed by atoms with E-state index in [0.29, 0.717) is 30.8 Å². The lowest BCUT2D eigenvalue weighted by atomic mass is 10.1. The molecule has 0 radical (unpaired) electrons. The molecule has 1 unspecified atom stereocenters. The average Bonchev–Trinajstić information content (AvgIpc) is 2.41. The first-order chi connectivity index (χ1) is 9.10. The summed E-state index contributed by atoms with van der Waals surface area (Å²) in [5.41, 5.74) is 6.59. The molecule has 0 aliphatic carbocycles. The SMILES string of the molecule is NC(=S)c1ccc(CN2CCOC(CO)C2)c(F)c1. The van der Waals surface area contributed by atoms with Crippen molar-refractivity contribution in [3.8, 4) is 0 Å². The van der Waals surface area contributed by atoms with Crippen molar-refractivity contribution in [2.24, 2.45) is 5.73 Å². The van der Waals surface area contributed by atoms with Crippen LogP contribution in [0.1, 0.15) is 11.1 Å². The largest absolute Gasteiger partial charge is 0.394 e. The highest BCUT2D eigenvalue weighted by Gasteiger charge is 2.20. The third-order valence-electron chi connectivity index (χ3n) is 3.16. The fraction of sp³-hybridized carbons (Fsp3) is 0.462. The lowest BCUT2D eigenvalue weighted by Crippen LogP contribution is -2.43. The molecule has 1 saturated heterocycles. The van der Waals surface area contributed by atoms with Crippen molar-refractivity contribution < 1.29 is 14.2 Å². The third kappa shape index (κ3) is 3.70. The number of morpholine rings is 1. The minimum atomic E-state index is -0.308. The van der Waals surface area contributed by atoms with Crippen molar-refractivity contribution in [3.63, 3.8) is 0 Å². The Morgan fingerprint density at radius 3 is 3.00 bits per heavy atom. The van der Waals surface area contributed by atoms with Gasteiger partial charge in [0, 0.05) is 30.8 Å². The van der Waals surface area contributed by atoms with E-state index >= 15 is 0 Å². The highest BCUT2D eigenvalue weighted by molar-refractivity contribution is 7.80. The van der Waals surface area contributed by atoms with Crippen molar-refractivity contribution in [3.05, 3.63) is 35.1 Å². The molecular formula is C13H17FN2O2S. The van der Waals surface area contributed by atoms with Crippen molar-refractivity contribution in [2.75, 3.05) is 26.3 Å². The Labute approximate surface area is 117 Å². The predicted octanol–water partition coefficient (Wildman–Crippen LogP) is 0.653. The van der Waals surface area contributed by atoms with Crippen LogP contribution in [0.2, 0.25) is 0 Å². The maximum absolute atomic E-state index is 13.9. The van der Waals surface area contributed by atoms with E-state index in [2.05, 4.69) is 4.90 Å². The molecule has 1 aliphatic rings. The molecule has 0 amide bonds. The minimum absolute atomic E-state index is 0.0145. The number of hydrogen-bond donors (Lipinski definition) is 2. The smallest absolute Gasteiger partial charge is 0.128 e. The van der Waals surface area contributed by atoms with Crippen molar-refractivity contribution in [2.45, 2.75) is 12.6 Å². The molecule has 0 aromatic heterocycles. The zero-order valence-corrected chi connectivity index (χ0v) is 11.3. The highest BCUT2D eigenvalue weighted by Crippen LogP contribution is 2.15. The summed E-state index contributed by atoms with van der Waals surface area (Å²) in [4.78, 5) is 2.25. The van der Waals surface area contributed by atoms with Crippen LogP contribution in [0.5, 0.6) is 0 Å². The molecule has 1 aromatic carbocycles. The number of benzene rings is 1. The molecule has 19 heavy (non-hydrogen) atoms. The van der Waals surface area contributed by atoms with E-state index in [1.54, 1.807) is 12.1 Å². The van der Waals surface area contributed by atoms with E-state index in [1.807, 2.05) is 0 Å². The summed E-state index contributed by atoms with van der Waals surface area (Å²) in [6.07, 6.45) is -0.187. The molecule has 1 aromatic rings. The zero-order chi connectivity index (χ0) is 13.8. The van der Waals surface area contributed by atoms with Gasteiger partial charge in [-0.15, -0.1) is 0 Å². The van der Waals surface area contributed by atoms with E-state index in [4.69, 9.17) is 27.8 Å². The number of nitrogens with zero attached hydrogens (tertiary/aromatic N) is 1. The number of halogens is 1. The summed E-state index contributed by atoms with van der Waals surface area (Å²) in [6, 6.07) is 4.79. The molecule has 3 N–H and O–H groups in total. The van der Waals surface area contributed by atoms with E-state index in [9.17, 15) is 4.39 Å². The number of nitrogens with two attached hydrogens (primary N) is 1. The Bertz CT molecular complexity index is 470. The maximum atomic E-state index is 13.9. The first-order valence-electron chi connectivity index (χ1n) is 6.13. The second-order valence-electron chi connectivity index (χ2n) is 4.58. The van der Waals surface area contributed by atoms with Gasteiger partial charge >= 0.3 is 0 Å². The molecule has 1 fully saturated rings. The molecule has 1 aliphatic heterocycles. The molecule has 1 heterocycles. The lowest BCUT2D eigenvalue weighted by molar-refractivity contribution is -0.0553. The van der Waals surface area contributed by atoms with E-state index in [0.717, 1.165) is 6.54 Å². The fourth-order valence-corrected chi connectivity index (χ4v) is 2.23. The highest BCUT2D eigenvalue weighted by atomic mass is 32.1. The van der Waals surface area contributed by atoms with Gasteiger partial charge in [0.15, 0.2) is 0 Å². The number of hydrogen-bond acceptors (Lipinski definition) is 4. The average molecular weight is 284 g/mol. The monoisotopic (exact) mass is 284 g/mol. The van der Waals surface area contributed by atoms with Gasteiger partial charge in [0.05, 0.1) is 19.3 Å². The topological polar surface area (TPSA) is 58.7 Å². The number of rotatable bonds is 4. The first kappa shape index (κ1) is 14.3. The minimum Gasteiger partial charge on any atom is -0.394 e. The molecule has 1 atom stereocenters. The second kappa shape index (κ2) is 6.38. The van der Waals surface area contributed by atoms with E-state index in [1.165, 1.54) is 6.07 Å². The van der Waals surface area contributed by atoms with Crippen molar-refractivity contribution in [1.82, 2.24) is 4.90 Å². The Morgan fingerprint density at radius 2 is 2.37 bits per heavy atom. The Kier molecular flexibility index (Phi) is 4.81. The normalized spacial score (nSPS) is 20.4. The van der Waals surface area contributed by atoms with Crippen LogP contribution in [0, 0.1) is 5.82 Å². The predicted molar refractivity (Wildman–Crippen MR) is 74.4 cm³/mol. The standard InChI is InChI=1S/C13H17FN2O2S/c14-12-5-9(13(15)19)1-2-10(12)6-16-3-4-18-11(7-16)8-17/h1-2,5,11,17H,3-4,6-8H2,(H2,15,19). The van der Waals surface area contributed by atoms with Gasteiger partial charge in [0.25, 0.3) is 0 Å². The molecule has 6 heteroatoms. The number of ether oxygens (including phenoxy) is 1. The molecular weight excluding hydrogens is 267 g/mol. The van der Waals surface area contributed by atoms with Crippen molar-refractivity contribution in [1.29, 1.82) is 0 Å². The molecule has 0 saturated carbocycles. The Balaban J connectivity index is 2.04. The van der Waals surface area contributed by atoms with Gasteiger partial charge in [-0.1, -0.05) is 24.4 Å². The summed E-state index contributed by atoms with van der Waals surface area (Å²) < 4.78 is 19.3. The van der Waals surface area contributed by atoms with Gasteiger partial charge in [-0.05, 0) is 6.07 Å².